The number of carbonyl (C=O) groups is 2. The second-order valence-corrected chi connectivity index (χ2v) is 4.93. The molecule has 0 spiro atoms. The number of rotatable bonds is 7. The maximum absolute atomic E-state index is 11.9. The maximum Gasteiger partial charge on any atom is 0.317 e. The molecular weight excluding hydrogens is 232 g/mol. The molecule has 18 heavy (non-hydrogen) atoms. The van der Waals surface area contributed by atoms with Crippen molar-refractivity contribution >= 4 is 12.0 Å². The van der Waals surface area contributed by atoms with Crippen molar-refractivity contribution < 1.29 is 14.3 Å². The first-order valence-electron chi connectivity index (χ1n) is 6.58. The molecule has 1 N–H and O–H groups in total. The summed E-state index contributed by atoms with van der Waals surface area (Å²) < 4.78 is 4.79. The molecule has 0 rings (SSSR count). The van der Waals surface area contributed by atoms with Gasteiger partial charge in [-0.05, 0) is 26.7 Å². The average Bonchev–Trinajstić information content (AvgIpc) is 2.25. The van der Waals surface area contributed by atoms with Crippen LogP contribution in [0.15, 0.2) is 0 Å². The number of hydrogen-bond donors (Lipinski definition) is 1. The normalized spacial score (nSPS) is 10.6. The van der Waals surface area contributed by atoms with E-state index in [1.165, 1.54) is 0 Å². The van der Waals surface area contributed by atoms with Crippen LogP contribution in [-0.4, -0.2) is 42.6 Å². The van der Waals surface area contributed by atoms with Gasteiger partial charge in [0, 0.05) is 19.1 Å². The molecule has 0 aromatic heterocycles. The van der Waals surface area contributed by atoms with Gasteiger partial charge in [-0.15, -0.1) is 0 Å². The highest BCUT2D eigenvalue weighted by Gasteiger charge is 2.17. The van der Waals surface area contributed by atoms with E-state index in [1.807, 2.05) is 13.8 Å². The molecule has 106 valence electrons. The van der Waals surface area contributed by atoms with Crippen molar-refractivity contribution in [2.24, 2.45) is 5.92 Å². The van der Waals surface area contributed by atoms with Gasteiger partial charge in [-0.25, -0.2) is 4.79 Å². The molecule has 0 fully saturated rings. The Hall–Kier alpha value is -1.26. The Kier molecular flexibility index (Phi) is 8.16. The molecule has 0 aliphatic carbocycles. The molecule has 5 heteroatoms. The van der Waals surface area contributed by atoms with Gasteiger partial charge in [-0.1, -0.05) is 13.8 Å². The van der Waals surface area contributed by atoms with Crippen LogP contribution >= 0.6 is 0 Å². The van der Waals surface area contributed by atoms with E-state index in [2.05, 4.69) is 19.2 Å². The lowest BCUT2D eigenvalue weighted by atomic mass is 10.2. The predicted octanol–water partition coefficient (Wildman–Crippen LogP) is 2.02. The van der Waals surface area contributed by atoms with Gasteiger partial charge in [-0.2, -0.15) is 0 Å². The highest BCUT2D eigenvalue weighted by molar-refractivity contribution is 5.75. The molecule has 2 amide bonds. The fraction of sp³-hybridized carbons (Fsp3) is 0.846. The summed E-state index contributed by atoms with van der Waals surface area (Å²) >= 11 is 0. The van der Waals surface area contributed by atoms with Crippen molar-refractivity contribution in [2.45, 2.75) is 47.1 Å². The number of hydrogen-bond acceptors (Lipinski definition) is 3. The third-order valence-corrected chi connectivity index (χ3v) is 2.36. The first-order valence-corrected chi connectivity index (χ1v) is 6.58. The van der Waals surface area contributed by atoms with E-state index >= 15 is 0 Å². The molecule has 0 unspecified atom stereocenters. The first kappa shape index (κ1) is 16.7. The number of esters is 1. The van der Waals surface area contributed by atoms with Crippen LogP contribution in [0.5, 0.6) is 0 Å². The summed E-state index contributed by atoms with van der Waals surface area (Å²) in [5, 5.41) is 2.74. The summed E-state index contributed by atoms with van der Waals surface area (Å²) in [6.07, 6.45) is 0.215. The molecule has 0 aliphatic heterocycles. The number of carbonyl (C=O) groups excluding carboxylic acids is 2. The van der Waals surface area contributed by atoms with Gasteiger partial charge in [0.1, 0.15) is 0 Å². The van der Waals surface area contributed by atoms with E-state index in [1.54, 1.807) is 11.8 Å². The van der Waals surface area contributed by atoms with Gasteiger partial charge in [0.15, 0.2) is 0 Å². The molecule has 0 aromatic rings. The third-order valence-electron chi connectivity index (χ3n) is 2.36. The Morgan fingerprint density at radius 2 is 1.83 bits per heavy atom. The molecule has 5 nitrogen and oxygen atoms in total. The van der Waals surface area contributed by atoms with Crippen LogP contribution < -0.4 is 5.32 Å². The van der Waals surface area contributed by atoms with E-state index in [4.69, 9.17) is 4.74 Å². The number of urea groups is 1. The fourth-order valence-corrected chi connectivity index (χ4v) is 1.53. The van der Waals surface area contributed by atoms with Crippen molar-refractivity contribution in [3.63, 3.8) is 0 Å². The number of amides is 2. The number of nitrogens with zero attached hydrogens (tertiary/aromatic N) is 1. The summed E-state index contributed by atoms with van der Waals surface area (Å²) in [6.45, 7) is 11.3. The van der Waals surface area contributed by atoms with Crippen molar-refractivity contribution in [3.05, 3.63) is 0 Å². The van der Waals surface area contributed by atoms with Gasteiger partial charge in [0.05, 0.1) is 13.0 Å². The zero-order valence-electron chi connectivity index (χ0n) is 12.2. The lowest BCUT2D eigenvalue weighted by molar-refractivity contribution is -0.142. The van der Waals surface area contributed by atoms with E-state index < -0.39 is 0 Å². The summed E-state index contributed by atoms with van der Waals surface area (Å²) in [6, 6.07) is 0.0259. The van der Waals surface area contributed by atoms with Crippen LogP contribution in [0, 0.1) is 5.92 Å². The minimum atomic E-state index is -0.280. The second kappa shape index (κ2) is 8.78. The lowest BCUT2D eigenvalue weighted by Gasteiger charge is -2.28. The summed E-state index contributed by atoms with van der Waals surface area (Å²) in [7, 11) is 0. The molecule has 0 radical (unpaired) electrons. The molecule has 0 bridgehead atoms. The van der Waals surface area contributed by atoms with Crippen molar-refractivity contribution in [1.82, 2.24) is 10.2 Å². The van der Waals surface area contributed by atoms with Gasteiger partial charge in [0.2, 0.25) is 0 Å². The van der Waals surface area contributed by atoms with Crippen LogP contribution in [0.25, 0.3) is 0 Å². The predicted molar refractivity (Wildman–Crippen MR) is 71.3 cm³/mol. The minimum Gasteiger partial charge on any atom is -0.466 e. The van der Waals surface area contributed by atoms with Crippen LogP contribution in [-0.2, 0) is 9.53 Å². The lowest BCUT2D eigenvalue weighted by Crippen LogP contribution is -2.46. The summed E-state index contributed by atoms with van der Waals surface area (Å²) in [5.41, 5.74) is 0. The highest BCUT2D eigenvalue weighted by atomic mass is 16.5. The Morgan fingerprint density at radius 3 is 2.28 bits per heavy atom. The summed E-state index contributed by atoms with van der Waals surface area (Å²) in [4.78, 5) is 24.8. The van der Waals surface area contributed by atoms with Gasteiger partial charge < -0.3 is 15.0 Å². The Bertz CT molecular complexity index is 265. The number of ether oxygens (including phenoxy) is 1. The molecule has 0 aromatic carbocycles. The zero-order chi connectivity index (χ0) is 14.1. The van der Waals surface area contributed by atoms with E-state index in [9.17, 15) is 9.59 Å². The molecule has 0 saturated heterocycles. The SMILES string of the molecule is CCOC(=O)CCNC(=O)N(CC(C)C)C(C)C. The molecule has 0 heterocycles. The Morgan fingerprint density at radius 1 is 1.22 bits per heavy atom. The fourth-order valence-electron chi connectivity index (χ4n) is 1.53. The average molecular weight is 258 g/mol. The minimum absolute atomic E-state index is 0.122. The largest absolute Gasteiger partial charge is 0.466 e. The van der Waals surface area contributed by atoms with Crippen molar-refractivity contribution in [2.75, 3.05) is 19.7 Å². The quantitative estimate of drug-likeness (QED) is 0.711. The first-order chi connectivity index (χ1) is 8.38. The molecule has 0 saturated carbocycles. The molecule has 0 atom stereocenters. The van der Waals surface area contributed by atoms with Crippen LogP contribution in [0.3, 0.4) is 0 Å². The van der Waals surface area contributed by atoms with Crippen LogP contribution in [0.1, 0.15) is 41.0 Å². The maximum atomic E-state index is 11.9. The Balaban J connectivity index is 4.07. The van der Waals surface area contributed by atoms with E-state index in [-0.39, 0.29) is 24.5 Å². The van der Waals surface area contributed by atoms with Crippen LogP contribution in [0.4, 0.5) is 4.79 Å². The monoisotopic (exact) mass is 258 g/mol. The summed E-state index contributed by atoms with van der Waals surface area (Å²) in [5.74, 6) is 0.140. The van der Waals surface area contributed by atoms with Crippen molar-refractivity contribution in [1.29, 1.82) is 0 Å². The van der Waals surface area contributed by atoms with E-state index in [0.29, 0.717) is 25.6 Å². The van der Waals surface area contributed by atoms with Gasteiger partial charge >= 0.3 is 12.0 Å². The van der Waals surface area contributed by atoms with Gasteiger partial charge in [-0.3, -0.25) is 4.79 Å². The smallest absolute Gasteiger partial charge is 0.317 e. The van der Waals surface area contributed by atoms with Crippen molar-refractivity contribution in [3.8, 4) is 0 Å². The standard InChI is InChI=1S/C13H26N2O3/c1-6-18-12(16)7-8-14-13(17)15(11(4)5)9-10(2)3/h10-11H,6-9H2,1-5H3,(H,14,17). The van der Waals surface area contributed by atoms with Crippen LogP contribution in [0.2, 0.25) is 0 Å². The number of nitrogens with one attached hydrogen (secondary N) is 1. The second-order valence-electron chi connectivity index (χ2n) is 4.93. The third kappa shape index (κ3) is 7.14. The Labute approximate surface area is 110 Å². The zero-order valence-corrected chi connectivity index (χ0v) is 12.2. The molecule has 0 aliphatic rings. The molecular formula is C13H26N2O3. The highest BCUT2D eigenvalue weighted by Crippen LogP contribution is 2.04. The topological polar surface area (TPSA) is 58.6 Å². The van der Waals surface area contributed by atoms with Gasteiger partial charge in [0.25, 0.3) is 0 Å². The van der Waals surface area contributed by atoms with E-state index in [0.717, 1.165) is 0 Å².